The maximum atomic E-state index is 4.59. The predicted octanol–water partition coefficient (Wildman–Crippen LogP) is 8.98. The third kappa shape index (κ3) is 5.85. The summed E-state index contributed by atoms with van der Waals surface area (Å²) in [5.41, 5.74) is 7.67. The first-order chi connectivity index (χ1) is 13.4. The maximum Gasteiger partial charge on any atom is -0.00965 e. The molecule has 0 heteroatoms. The van der Waals surface area contributed by atoms with Gasteiger partial charge >= 0.3 is 0 Å². The highest BCUT2D eigenvalue weighted by Crippen LogP contribution is 2.45. The summed E-state index contributed by atoms with van der Waals surface area (Å²) >= 11 is 0. The molecule has 2 rings (SSSR count). The lowest BCUT2D eigenvalue weighted by Gasteiger charge is -2.36. The van der Waals surface area contributed by atoms with Crippen molar-refractivity contribution in [1.29, 1.82) is 0 Å². The molecular weight excluding hydrogens is 336 g/mol. The zero-order chi connectivity index (χ0) is 20.7. The van der Waals surface area contributed by atoms with Crippen LogP contribution in [0.4, 0.5) is 0 Å². The van der Waals surface area contributed by atoms with Gasteiger partial charge in [-0.05, 0) is 92.8 Å². The molecule has 0 aromatic rings. The summed E-state index contributed by atoms with van der Waals surface area (Å²) in [6, 6.07) is 0. The van der Waals surface area contributed by atoms with Gasteiger partial charge in [0.25, 0.3) is 0 Å². The Morgan fingerprint density at radius 1 is 1.21 bits per heavy atom. The highest BCUT2D eigenvalue weighted by molar-refractivity contribution is 5.54. The summed E-state index contributed by atoms with van der Waals surface area (Å²) in [4.78, 5) is 0. The fourth-order valence-electron chi connectivity index (χ4n) is 5.29. The quantitative estimate of drug-likeness (QED) is 0.350. The lowest BCUT2D eigenvalue weighted by Crippen LogP contribution is -2.21. The van der Waals surface area contributed by atoms with E-state index in [0.29, 0.717) is 17.8 Å². The normalized spacial score (nSPS) is 25.7. The van der Waals surface area contributed by atoms with Crippen molar-refractivity contribution in [3.8, 4) is 0 Å². The average Bonchev–Trinajstić information content (AvgIpc) is 2.66. The molecular formula is C28H44. The molecule has 0 fully saturated rings. The van der Waals surface area contributed by atoms with E-state index in [2.05, 4.69) is 72.4 Å². The van der Waals surface area contributed by atoms with Crippen LogP contribution < -0.4 is 0 Å². The second-order valence-corrected chi connectivity index (χ2v) is 9.48. The van der Waals surface area contributed by atoms with Crippen LogP contribution in [0.3, 0.4) is 0 Å². The van der Waals surface area contributed by atoms with Gasteiger partial charge in [-0.2, -0.15) is 0 Å². The maximum absolute atomic E-state index is 4.59. The second-order valence-electron chi connectivity index (χ2n) is 9.48. The summed E-state index contributed by atoms with van der Waals surface area (Å²) < 4.78 is 0. The molecule has 0 heterocycles. The summed E-state index contributed by atoms with van der Waals surface area (Å²) in [5, 5.41) is 0. The van der Waals surface area contributed by atoms with Gasteiger partial charge in [0, 0.05) is 0 Å². The highest BCUT2D eigenvalue weighted by Gasteiger charge is 2.30. The third-order valence-electron chi connectivity index (χ3n) is 7.02. The summed E-state index contributed by atoms with van der Waals surface area (Å²) in [6.07, 6.45) is 19.6. The molecule has 0 aromatic heterocycles. The number of hydrogen-bond donors (Lipinski definition) is 0. The van der Waals surface area contributed by atoms with Crippen molar-refractivity contribution < 1.29 is 0 Å². The van der Waals surface area contributed by atoms with Gasteiger partial charge in [0.15, 0.2) is 0 Å². The molecule has 0 spiro atoms. The van der Waals surface area contributed by atoms with E-state index in [0.717, 1.165) is 12.3 Å². The van der Waals surface area contributed by atoms with Crippen molar-refractivity contribution in [3.05, 3.63) is 58.7 Å². The fraction of sp³-hybridized carbons (Fsp3) is 0.643. The molecule has 0 N–H and O–H groups in total. The Bertz CT molecular complexity index is 652. The van der Waals surface area contributed by atoms with Gasteiger partial charge in [0.2, 0.25) is 0 Å². The van der Waals surface area contributed by atoms with Gasteiger partial charge < -0.3 is 0 Å². The van der Waals surface area contributed by atoms with E-state index in [1.54, 1.807) is 11.1 Å². The van der Waals surface area contributed by atoms with Crippen LogP contribution in [0.5, 0.6) is 0 Å². The molecule has 0 saturated heterocycles. The van der Waals surface area contributed by atoms with Crippen LogP contribution in [0.25, 0.3) is 0 Å². The Morgan fingerprint density at radius 3 is 2.61 bits per heavy atom. The van der Waals surface area contributed by atoms with Crippen molar-refractivity contribution in [3.63, 3.8) is 0 Å². The standard InChI is InChI=1S/C28H44/c1-8-10-11-15-25(13-9-2)18-22(5)27-19-21(4)23(6)24(7)28(27)26-16-12-14-20(3)17-26/h10-12,14,20,22,25-26H,7-9,13,15-19H2,1-6H3/b11-10-/t20-,22?,25?,26+/m0/s1. The number of hydrogen-bond acceptors (Lipinski definition) is 0. The van der Waals surface area contributed by atoms with Gasteiger partial charge in [-0.25, -0.2) is 0 Å². The Morgan fingerprint density at radius 2 is 1.96 bits per heavy atom. The first kappa shape index (κ1) is 23.0. The van der Waals surface area contributed by atoms with Gasteiger partial charge in [0.05, 0.1) is 0 Å². The topological polar surface area (TPSA) is 0 Å². The van der Waals surface area contributed by atoms with Crippen LogP contribution >= 0.6 is 0 Å². The Kier molecular flexibility index (Phi) is 9.06. The zero-order valence-corrected chi connectivity index (χ0v) is 19.5. The Labute approximate surface area is 175 Å². The number of rotatable bonds is 9. The largest absolute Gasteiger partial charge is 0.0912 e. The summed E-state index contributed by atoms with van der Waals surface area (Å²) in [7, 11) is 0. The number of allylic oxidation sites excluding steroid dienone is 9. The average molecular weight is 381 g/mol. The molecule has 156 valence electrons. The van der Waals surface area contributed by atoms with E-state index in [1.165, 1.54) is 61.7 Å². The van der Waals surface area contributed by atoms with E-state index < -0.39 is 0 Å². The minimum atomic E-state index is 0.655. The van der Waals surface area contributed by atoms with Gasteiger partial charge in [-0.3, -0.25) is 0 Å². The molecule has 0 aliphatic heterocycles. The summed E-state index contributed by atoms with van der Waals surface area (Å²) in [5.74, 6) is 2.82. The summed E-state index contributed by atoms with van der Waals surface area (Å²) in [6.45, 7) is 18.6. The highest BCUT2D eigenvalue weighted by atomic mass is 14.3. The van der Waals surface area contributed by atoms with Crippen LogP contribution in [0.15, 0.2) is 58.7 Å². The Hall–Kier alpha value is -1.30. The van der Waals surface area contributed by atoms with Crippen molar-refractivity contribution >= 4 is 0 Å². The van der Waals surface area contributed by atoms with E-state index in [4.69, 9.17) is 0 Å². The fourth-order valence-corrected chi connectivity index (χ4v) is 5.29. The molecule has 0 bridgehead atoms. The van der Waals surface area contributed by atoms with Crippen LogP contribution in [0.2, 0.25) is 0 Å². The van der Waals surface area contributed by atoms with E-state index in [1.807, 2.05) is 0 Å². The minimum Gasteiger partial charge on any atom is -0.0912 e. The predicted molar refractivity (Wildman–Crippen MR) is 126 cm³/mol. The lowest BCUT2D eigenvalue weighted by atomic mass is 9.69. The minimum absolute atomic E-state index is 0.655. The smallest absolute Gasteiger partial charge is 0.00965 e. The van der Waals surface area contributed by atoms with Crippen LogP contribution in [0, 0.1) is 23.7 Å². The van der Waals surface area contributed by atoms with Crippen molar-refractivity contribution in [1.82, 2.24) is 0 Å². The van der Waals surface area contributed by atoms with Crippen LogP contribution in [-0.2, 0) is 0 Å². The van der Waals surface area contributed by atoms with E-state index >= 15 is 0 Å². The monoisotopic (exact) mass is 380 g/mol. The SMILES string of the molecule is C=C1C(C)=C(C)CC(C(C)CC(C/C=C\CC)CCC)=C1[C@@H]1CC=C[C@H](C)C1. The molecule has 0 radical (unpaired) electrons. The first-order valence-corrected chi connectivity index (χ1v) is 11.8. The van der Waals surface area contributed by atoms with Crippen molar-refractivity contribution in [2.45, 2.75) is 92.9 Å². The zero-order valence-electron chi connectivity index (χ0n) is 19.5. The molecule has 4 atom stereocenters. The molecule has 28 heavy (non-hydrogen) atoms. The first-order valence-electron chi connectivity index (χ1n) is 11.8. The van der Waals surface area contributed by atoms with E-state index in [9.17, 15) is 0 Å². The molecule has 2 aliphatic rings. The lowest BCUT2D eigenvalue weighted by molar-refractivity contribution is 0.385. The molecule has 0 amide bonds. The molecule has 0 saturated carbocycles. The second kappa shape index (κ2) is 11.0. The van der Waals surface area contributed by atoms with Gasteiger partial charge in [-0.1, -0.05) is 82.6 Å². The van der Waals surface area contributed by atoms with Gasteiger partial charge in [-0.15, -0.1) is 0 Å². The van der Waals surface area contributed by atoms with Crippen LogP contribution in [0.1, 0.15) is 92.9 Å². The molecule has 0 aromatic carbocycles. The molecule has 2 aliphatic carbocycles. The van der Waals surface area contributed by atoms with Crippen molar-refractivity contribution in [2.75, 3.05) is 0 Å². The van der Waals surface area contributed by atoms with E-state index in [-0.39, 0.29) is 0 Å². The Balaban J connectivity index is 2.28. The third-order valence-corrected chi connectivity index (χ3v) is 7.02. The van der Waals surface area contributed by atoms with Crippen molar-refractivity contribution in [2.24, 2.45) is 23.7 Å². The molecule has 2 unspecified atom stereocenters. The molecule has 0 nitrogen and oxygen atoms in total. The van der Waals surface area contributed by atoms with Crippen LogP contribution in [-0.4, -0.2) is 0 Å². The van der Waals surface area contributed by atoms with Gasteiger partial charge in [0.1, 0.15) is 0 Å².